The maximum absolute atomic E-state index is 12.4. The summed E-state index contributed by atoms with van der Waals surface area (Å²) in [6.07, 6.45) is 3.28. The van der Waals surface area contributed by atoms with Gasteiger partial charge in [0, 0.05) is 12.1 Å². The van der Waals surface area contributed by atoms with Crippen molar-refractivity contribution in [1.82, 2.24) is 0 Å². The van der Waals surface area contributed by atoms with Gasteiger partial charge in [0.2, 0.25) is 0 Å². The molecule has 0 aliphatic carbocycles. The highest BCUT2D eigenvalue weighted by Gasteiger charge is 2.25. The zero-order valence-corrected chi connectivity index (χ0v) is 13.1. The molecule has 0 spiro atoms. The van der Waals surface area contributed by atoms with Crippen LogP contribution in [0, 0.1) is 0 Å². The minimum absolute atomic E-state index is 0. The molecule has 4 heteroatoms. The number of carbonyl (C=O) groups is 1. The Kier molecular flexibility index (Phi) is 5.89. The Morgan fingerprint density at radius 1 is 0.783 bits per heavy atom. The summed E-state index contributed by atoms with van der Waals surface area (Å²) in [6.45, 7) is 0. The molecule has 0 fully saturated rings. The Hall–Kier alpha value is -2.65. The van der Waals surface area contributed by atoms with Crippen LogP contribution in [0.3, 0.4) is 0 Å². The smallest absolute Gasteiger partial charge is 0.343 e. The van der Waals surface area contributed by atoms with E-state index in [0.29, 0.717) is 5.56 Å². The SMILES string of the molecule is O=C(OC(c1ccccc1)[n+]1ccccc1)c1ccccc1.[Cl-]. The lowest BCUT2D eigenvalue weighted by molar-refractivity contribution is -0.746. The average molecular weight is 326 g/mol. The van der Waals surface area contributed by atoms with Crippen molar-refractivity contribution >= 4 is 5.97 Å². The summed E-state index contributed by atoms with van der Waals surface area (Å²) in [4.78, 5) is 12.4. The van der Waals surface area contributed by atoms with Gasteiger partial charge in [-0.3, -0.25) is 0 Å². The van der Waals surface area contributed by atoms with E-state index in [4.69, 9.17) is 4.74 Å². The van der Waals surface area contributed by atoms with Crippen molar-refractivity contribution < 1.29 is 26.5 Å². The van der Waals surface area contributed by atoms with E-state index >= 15 is 0 Å². The van der Waals surface area contributed by atoms with Crippen LogP contribution in [-0.2, 0) is 4.74 Å². The Morgan fingerprint density at radius 2 is 1.30 bits per heavy atom. The van der Waals surface area contributed by atoms with E-state index in [9.17, 15) is 4.79 Å². The Balaban J connectivity index is 0.00000192. The van der Waals surface area contributed by atoms with Crippen LogP contribution in [-0.4, -0.2) is 5.97 Å². The third-order valence-corrected chi connectivity index (χ3v) is 3.32. The number of rotatable bonds is 4. The highest BCUT2D eigenvalue weighted by Crippen LogP contribution is 2.16. The maximum atomic E-state index is 12.4. The summed E-state index contributed by atoms with van der Waals surface area (Å²) in [5.41, 5.74) is 1.46. The molecule has 0 aliphatic heterocycles. The fraction of sp³-hybridized carbons (Fsp3) is 0.0526. The highest BCUT2D eigenvalue weighted by molar-refractivity contribution is 5.89. The second-order valence-electron chi connectivity index (χ2n) is 4.86. The predicted octanol–water partition coefficient (Wildman–Crippen LogP) is 0.382. The summed E-state index contributed by atoms with van der Waals surface area (Å²) in [5, 5.41) is 0. The van der Waals surface area contributed by atoms with Gasteiger partial charge in [0.05, 0.1) is 11.1 Å². The molecule has 1 unspecified atom stereocenters. The summed E-state index contributed by atoms with van der Waals surface area (Å²) >= 11 is 0. The lowest BCUT2D eigenvalue weighted by Crippen LogP contribution is -3.00. The molecule has 0 bridgehead atoms. The van der Waals surface area contributed by atoms with Crippen molar-refractivity contribution in [3.8, 4) is 0 Å². The molecule has 1 aromatic heterocycles. The van der Waals surface area contributed by atoms with Gasteiger partial charge in [0.15, 0.2) is 12.4 Å². The zero-order valence-electron chi connectivity index (χ0n) is 12.4. The monoisotopic (exact) mass is 325 g/mol. The molecule has 116 valence electrons. The second kappa shape index (κ2) is 8.11. The van der Waals surface area contributed by atoms with Crippen LogP contribution in [0.2, 0.25) is 0 Å². The number of ether oxygens (including phenoxy) is 1. The van der Waals surface area contributed by atoms with E-state index in [2.05, 4.69) is 0 Å². The lowest BCUT2D eigenvalue weighted by Gasteiger charge is -2.13. The lowest BCUT2D eigenvalue weighted by atomic mass is 10.2. The van der Waals surface area contributed by atoms with Gasteiger partial charge < -0.3 is 17.1 Å². The number of hydrogen-bond donors (Lipinski definition) is 0. The van der Waals surface area contributed by atoms with Crippen LogP contribution in [0.1, 0.15) is 22.1 Å². The normalized spacial score (nSPS) is 11.1. The van der Waals surface area contributed by atoms with E-state index < -0.39 is 6.23 Å². The molecule has 3 aromatic rings. The fourth-order valence-electron chi connectivity index (χ4n) is 2.23. The van der Waals surface area contributed by atoms with Crippen molar-refractivity contribution in [1.29, 1.82) is 0 Å². The van der Waals surface area contributed by atoms with Crippen LogP contribution in [0.4, 0.5) is 0 Å². The molecule has 2 aromatic carbocycles. The molecular weight excluding hydrogens is 310 g/mol. The topological polar surface area (TPSA) is 30.2 Å². The molecule has 0 radical (unpaired) electrons. The van der Waals surface area contributed by atoms with E-state index in [1.807, 2.05) is 83.7 Å². The van der Waals surface area contributed by atoms with Gasteiger partial charge in [-0.2, -0.15) is 4.57 Å². The standard InChI is InChI=1S/C19H16NO2.ClH/c21-19(17-12-6-2-7-13-17)22-18(16-10-4-1-5-11-16)20-14-8-3-9-15-20;/h1-15,18H;1H/q+1;/p-1. The van der Waals surface area contributed by atoms with Crippen molar-refractivity contribution in [2.75, 3.05) is 0 Å². The molecule has 1 atom stereocenters. The molecule has 1 heterocycles. The van der Waals surface area contributed by atoms with E-state index in [-0.39, 0.29) is 18.4 Å². The molecule has 0 N–H and O–H groups in total. The van der Waals surface area contributed by atoms with Crippen LogP contribution in [0.25, 0.3) is 0 Å². The highest BCUT2D eigenvalue weighted by atomic mass is 35.5. The van der Waals surface area contributed by atoms with Crippen molar-refractivity contribution in [3.63, 3.8) is 0 Å². The van der Waals surface area contributed by atoms with Crippen LogP contribution in [0.5, 0.6) is 0 Å². The van der Waals surface area contributed by atoms with Crippen LogP contribution >= 0.6 is 0 Å². The Labute approximate surface area is 141 Å². The summed E-state index contributed by atoms with van der Waals surface area (Å²) in [7, 11) is 0. The van der Waals surface area contributed by atoms with Gasteiger partial charge in [-0.15, -0.1) is 0 Å². The first-order chi connectivity index (χ1) is 10.8. The van der Waals surface area contributed by atoms with Gasteiger partial charge in [-0.05, 0) is 24.3 Å². The zero-order chi connectivity index (χ0) is 15.2. The fourth-order valence-corrected chi connectivity index (χ4v) is 2.23. The predicted molar refractivity (Wildman–Crippen MR) is 83.1 cm³/mol. The third-order valence-electron chi connectivity index (χ3n) is 3.32. The van der Waals surface area contributed by atoms with Gasteiger partial charge in [0.25, 0.3) is 0 Å². The Morgan fingerprint density at radius 3 is 1.91 bits per heavy atom. The third kappa shape index (κ3) is 4.18. The number of aromatic nitrogens is 1. The van der Waals surface area contributed by atoms with E-state index in [1.54, 1.807) is 12.1 Å². The molecule has 0 saturated heterocycles. The molecular formula is C19H16ClNO2. The Bertz CT molecular complexity index is 694. The first kappa shape index (κ1) is 16.7. The van der Waals surface area contributed by atoms with E-state index in [1.165, 1.54) is 0 Å². The molecule has 0 saturated carbocycles. The molecule has 3 nitrogen and oxygen atoms in total. The van der Waals surface area contributed by atoms with Crippen LogP contribution in [0.15, 0.2) is 91.3 Å². The number of nitrogens with zero attached hydrogens (tertiary/aromatic N) is 1. The largest absolute Gasteiger partial charge is 1.00 e. The quantitative estimate of drug-likeness (QED) is 0.513. The number of halogens is 1. The van der Waals surface area contributed by atoms with Crippen molar-refractivity contribution in [2.45, 2.75) is 6.23 Å². The minimum Gasteiger partial charge on any atom is -1.00 e. The number of hydrogen-bond acceptors (Lipinski definition) is 2. The average Bonchev–Trinajstić information content (AvgIpc) is 2.62. The van der Waals surface area contributed by atoms with Crippen LogP contribution < -0.4 is 17.0 Å². The van der Waals surface area contributed by atoms with Crippen molar-refractivity contribution in [3.05, 3.63) is 102 Å². The number of carbonyl (C=O) groups excluding carboxylic acids is 1. The summed E-state index contributed by atoms with van der Waals surface area (Å²) in [6, 6.07) is 24.5. The van der Waals surface area contributed by atoms with Gasteiger partial charge in [-0.25, -0.2) is 4.79 Å². The minimum atomic E-state index is -0.491. The van der Waals surface area contributed by atoms with Gasteiger partial charge in [-0.1, -0.05) is 42.5 Å². The maximum Gasteiger partial charge on any atom is 0.343 e. The summed E-state index contributed by atoms with van der Waals surface area (Å²) < 4.78 is 7.60. The molecule has 0 aliphatic rings. The summed E-state index contributed by atoms with van der Waals surface area (Å²) in [5.74, 6) is -0.342. The molecule has 3 rings (SSSR count). The first-order valence-corrected chi connectivity index (χ1v) is 7.11. The van der Waals surface area contributed by atoms with Gasteiger partial charge >= 0.3 is 12.2 Å². The molecule has 23 heavy (non-hydrogen) atoms. The first-order valence-electron chi connectivity index (χ1n) is 7.11. The molecule has 0 amide bonds. The van der Waals surface area contributed by atoms with E-state index in [0.717, 1.165) is 5.56 Å². The van der Waals surface area contributed by atoms with Crippen molar-refractivity contribution in [2.24, 2.45) is 0 Å². The number of benzene rings is 2. The van der Waals surface area contributed by atoms with Gasteiger partial charge in [0.1, 0.15) is 0 Å². The number of pyridine rings is 1. The second-order valence-corrected chi connectivity index (χ2v) is 4.86. The number of esters is 1.